The molecule has 4 heteroatoms. The van der Waals surface area contributed by atoms with Crippen molar-refractivity contribution in [2.75, 3.05) is 0 Å². The van der Waals surface area contributed by atoms with E-state index in [1.165, 1.54) is 6.20 Å². The van der Waals surface area contributed by atoms with Gasteiger partial charge in [0.05, 0.1) is 0 Å². The molecule has 3 nitrogen and oxygen atoms in total. The van der Waals surface area contributed by atoms with E-state index in [2.05, 4.69) is 27.6 Å². The summed E-state index contributed by atoms with van der Waals surface area (Å²) < 4.78 is 0.886. The molecule has 1 N–H and O–H groups in total. The predicted molar refractivity (Wildman–Crippen MR) is 48.1 cm³/mol. The summed E-state index contributed by atoms with van der Waals surface area (Å²) in [6, 6.07) is 1.89. The molecule has 0 atom stereocenters. The number of nitrogens with zero attached hydrogens (tertiary/aromatic N) is 2. The van der Waals surface area contributed by atoms with Gasteiger partial charge in [0, 0.05) is 9.77 Å². The number of nitriles is 1. The first-order valence-corrected chi connectivity index (χ1v) is 3.99. The summed E-state index contributed by atoms with van der Waals surface area (Å²) in [4.78, 5) is 3.64. The average molecular weight is 260 g/mol. The molecule has 0 aliphatic rings. The fraction of sp³-hybridized carbons (Fsp3) is 0.143. The third kappa shape index (κ3) is 1.43. The molecule has 0 unspecified atom stereocenters. The summed E-state index contributed by atoms with van der Waals surface area (Å²) in [5.41, 5.74) is 1.04. The molecular formula is C7H5IN2O. The maximum Gasteiger partial charge on any atom is 0.229 e. The van der Waals surface area contributed by atoms with Gasteiger partial charge in [-0.2, -0.15) is 5.26 Å². The lowest BCUT2D eigenvalue weighted by Crippen LogP contribution is -1.90. The summed E-state index contributed by atoms with van der Waals surface area (Å²) >= 11 is 2.07. The van der Waals surface area contributed by atoms with Gasteiger partial charge in [-0.15, -0.1) is 0 Å². The lowest BCUT2D eigenvalue weighted by molar-refractivity contribution is 0.451. The van der Waals surface area contributed by atoms with E-state index in [1.807, 2.05) is 6.07 Å². The number of hydrogen-bond donors (Lipinski definition) is 1. The van der Waals surface area contributed by atoms with Gasteiger partial charge < -0.3 is 5.11 Å². The molecule has 1 heterocycles. The number of pyridine rings is 1. The Morgan fingerprint density at radius 2 is 2.36 bits per heavy atom. The molecule has 0 radical (unpaired) electrons. The molecule has 0 bridgehead atoms. The molecule has 1 rings (SSSR count). The topological polar surface area (TPSA) is 56.9 Å². The maximum atomic E-state index is 9.08. The second-order valence-corrected chi connectivity index (χ2v) is 3.20. The Morgan fingerprint density at radius 1 is 1.73 bits per heavy atom. The second-order valence-electron chi connectivity index (χ2n) is 2.04. The minimum Gasteiger partial charge on any atom is -0.492 e. The highest BCUT2D eigenvalue weighted by Gasteiger charge is 2.07. The molecule has 11 heavy (non-hydrogen) atoms. The van der Waals surface area contributed by atoms with Gasteiger partial charge in [-0.05, 0) is 35.1 Å². The van der Waals surface area contributed by atoms with E-state index in [0.29, 0.717) is 0 Å². The number of rotatable bonds is 0. The maximum absolute atomic E-state index is 9.08. The van der Waals surface area contributed by atoms with Crippen molar-refractivity contribution < 1.29 is 5.11 Å². The highest BCUT2D eigenvalue weighted by atomic mass is 127. The van der Waals surface area contributed by atoms with E-state index in [9.17, 15) is 0 Å². The summed E-state index contributed by atoms with van der Waals surface area (Å²) in [5.74, 6) is -0.189. The largest absolute Gasteiger partial charge is 0.492 e. The van der Waals surface area contributed by atoms with Gasteiger partial charge in [0.25, 0.3) is 0 Å². The van der Waals surface area contributed by atoms with Crippen molar-refractivity contribution in [2.24, 2.45) is 0 Å². The van der Waals surface area contributed by atoms with E-state index in [4.69, 9.17) is 10.4 Å². The van der Waals surface area contributed by atoms with Crippen LogP contribution < -0.4 is 0 Å². The van der Waals surface area contributed by atoms with Crippen LogP contribution in [0.4, 0.5) is 0 Å². The van der Waals surface area contributed by atoms with Crippen LogP contribution >= 0.6 is 22.6 Å². The monoisotopic (exact) mass is 260 g/mol. The first-order chi connectivity index (χ1) is 5.16. The highest BCUT2D eigenvalue weighted by molar-refractivity contribution is 14.1. The van der Waals surface area contributed by atoms with Crippen LogP contribution in [0.3, 0.4) is 0 Å². The van der Waals surface area contributed by atoms with Crippen LogP contribution in [0.25, 0.3) is 0 Å². The van der Waals surface area contributed by atoms with Crippen LogP contribution in [0.1, 0.15) is 11.1 Å². The van der Waals surface area contributed by atoms with Crippen LogP contribution in [0.5, 0.6) is 5.88 Å². The number of hydrogen-bond acceptors (Lipinski definition) is 3. The molecule has 0 amide bonds. The number of aromatic nitrogens is 1. The molecule has 0 aromatic carbocycles. The first-order valence-electron chi connectivity index (χ1n) is 2.91. The van der Waals surface area contributed by atoms with Crippen molar-refractivity contribution in [3.8, 4) is 11.9 Å². The predicted octanol–water partition coefficient (Wildman–Crippen LogP) is 1.57. The molecule has 1 aromatic heterocycles. The Hall–Kier alpha value is -0.830. The third-order valence-electron chi connectivity index (χ3n) is 1.37. The minimum absolute atomic E-state index is 0.189. The smallest absolute Gasteiger partial charge is 0.229 e. The summed E-state index contributed by atoms with van der Waals surface area (Å²) in [6.45, 7) is 1.78. The van der Waals surface area contributed by atoms with Crippen LogP contribution in [0, 0.1) is 21.8 Å². The van der Waals surface area contributed by atoms with Crippen molar-refractivity contribution in [3.05, 3.63) is 20.9 Å². The molecular weight excluding hydrogens is 255 g/mol. The van der Waals surface area contributed by atoms with Gasteiger partial charge in [0.15, 0.2) is 0 Å². The molecule has 0 fully saturated rings. The van der Waals surface area contributed by atoms with Crippen LogP contribution in [0.2, 0.25) is 0 Å². The molecule has 56 valence electrons. The SMILES string of the molecule is Cc1c(I)cnc(O)c1C#N. The van der Waals surface area contributed by atoms with Crippen molar-refractivity contribution in [3.63, 3.8) is 0 Å². The Kier molecular flexibility index (Phi) is 2.29. The van der Waals surface area contributed by atoms with Crippen LogP contribution in [-0.2, 0) is 0 Å². The van der Waals surface area contributed by atoms with E-state index in [-0.39, 0.29) is 11.4 Å². The summed E-state index contributed by atoms with van der Waals surface area (Å²) in [5, 5.41) is 17.6. The van der Waals surface area contributed by atoms with Crippen molar-refractivity contribution in [2.45, 2.75) is 6.92 Å². The van der Waals surface area contributed by atoms with Gasteiger partial charge in [-0.3, -0.25) is 0 Å². The zero-order valence-electron chi connectivity index (χ0n) is 5.80. The summed E-state index contributed by atoms with van der Waals surface area (Å²) in [6.07, 6.45) is 1.53. The van der Waals surface area contributed by atoms with Crippen molar-refractivity contribution in [1.29, 1.82) is 5.26 Å². The zero-order valence-corrected chi connectivity index (χ0v) is 7.95. The van der Waals surface area contributed by atoms with Gasteiger partial charge in [0.1, 0.15) is 11.6 Å². The average Bonchev–Trinajstić information content (AvgIpc) is 1.99. The highest BCUT2D eigenvalue weighted by Crippen LogP contribution is 2.20. The standard InChI is InChI=1S/C7H5IN2O/c1-4-5(2-9)7(11)10-3-6(4)8/h3H,1H3,(H,10,11). The van der Waals surface area contributed by atoms with Gasteiger partial charge >= 0.3 is 0 Å². The van der Waals surface area contributed by atoms with Crippen LogP contribution in [0.15, 0.2) is 6.20 Å². The van der Waals surface area contributed by atoms with Crippen molar-refractivity contribution in [1.82, 2.24) is 4.98 Å². The molecule has 0 aliphatic heterocycles. The number of halogens is 1. The van der Waals surface area contributed by atoms with Crippen LogP contribution in [-0.4, -0.2) is 10.1 Å². The Bertz CT molecular complexity index is 330. The van der Waals surface area contributed by atoms with Crippen molar-refractivity contribution >= 4 is 22.6 Å². The normalized spacial score (nSPS) is 9.18. The lowest BCUT2D eigenvalue weighted by Gasteiger charge is -2.00. The van der Waals surface area contributed by atoms with Gasteiger partial charge in [-0.25, -0.2) is 4.98 Å². The first kappa shape index (κ1) is 8.27. The molecule has 0 spiro atoms. The van der Waals surface area contributed by atoms with E-state index < -0.39 is 0 Å². The second kappa shape index (κ2) is 3.05. The summed E-state index contributed by atoms with van der Waals surface area (Å²) in [7, 11) is 0. The Morgan fingerprint density at radius 3 is 2.82 bits per heavy atom. The minimum atomic E-state index is -0.189. The number of aromatic hydroxyl groups is 1. The molecule has 0 saturated heterocycles. The van der Waals surface area contributed by atoms with E-state index in [0.717, 1.165) is 9.13 Å². The third-order valence-corrected chi connectivity index (χ3v) is 2.46. The molecule has 0 saturated carbocycles. The lowest BCUT2D eigenvalue weighted by atomic mass is 10.2. The molecule has 0 aliphatic carbocycles. The quantitative estimate of drug-likeness (QED) is 0.720. The fourth-order valence-corrected chi connectivity index (χ4v) is 1.11. The zero-order chi connectivity index (χ0) is 8.43. The van der Waals surface area contributed by atoms with Gasteiger partial charge in [-0.1, -0.05) is 0 Å². The van der Waals surface area contributed by atoms with E-state index in [1.54, 1.807) is 6.92 Å². The Labute approximate surface area is 77.8 Å². The van der Waals surface area contributed by atoms with E-state index >= 15 is 0 Å². The fourth-order valence-electron chi connectivity index (χ4n) is 0.700. The Balaban J connectivity index is 3.44. The van der Waals surface area contributed by atoms with Gasteiger partial charge in [0.2, 0.25) is 5.88 Å². The molecule has 1 aromatic rings.